The molecule has 0 N–H and O–H groups in total. The second kappa shape index (κ2) is 5.41. The number of carbonyl (C=O) groups excluding carboxylic acids is 1. The van der Waals surface area contributed by atoms with Crippen molar-refractivity contribution in [2.24, 2.45) is 0 Å². The molecule has 98 valence electrons. The van der Waals surface area contributed by atoms with Crippen molar-refractivity contribution in [2.75, 3.05) is 7.11 Å². The molecule has 0 spiro atoms. The van der Waals surface area contributed by atoms with E-state index in [-0.39, 0.29) is 5.56 Å². The lowest BCUT2D eigenvalue weighted by atomic mass is 10.0. The Morgan fingerprint density at radius 1 is 1.21 bits per heavy atom. The van der Waals surface area contributed by atoms with Gasteiger partial charge in [-0.15, -0.1) is 0 Å². The SMILES string of the molecule is COc1ccc(C(=O)c2cc(Cl)ccc2F)cc1C. The van der Waals surface area contributed by atoms with Gasteiger partial charge in [0, 0.05) is 10.6 Å². The lowest BCUT2D eigenvalue weighted by Gasteiger charge is -2.07. The van der Waals surface area contributed by atoms with E-state index in [1.807, 2.05) is 6.92 Å². The molecule has 0 bridgehead atoms. The van der Waals surface area contributed by atoms with Crippen LogP contribution in [0, 0.1) is 12.7 Å². The summed E-state index contributed by atoms with van der Waals surface area (Å²) in [6.07, 6.45) is 0. The summed E-state index contributed by atoms with van der Waals surface area (Å²) >= 11 is 5.79. The van der Waals surface area contributed by atoms with Gasteiger partial charge >= 0.3 is 0 Å². The average Bonchev–Trinajstić information content (AvgIpc) is 2.40. The second-order valence-electron chi connectivity index (χ2n) is 4.14. The molecule has 0 aliphatic heterocycles. The molecule has 0 radical (unpaired) electrons. The molecule has 4 heteroatoms. The van der Waals surface area contributed by atoms with Crippen molar-refractivity contribution < 1.29 is 13.9 Å². The number of methoxy groups -OCH3 is 1. The monoisotopic (exact) mass is 278 g/mol. The van der Waals surface area contributed by atoms with Gasteiger partial charge in [0.15, 0.2) is 5.78 Å². The van der Waals surface area contributed by atoms with Crippen molar-refractivity contribution in [2.45, 2.75) is 6.92 Å². The van der Waals surface area contributed by atoms with Gasteiger partial charge in [-0.1, -0.05) is 11.6 Å². The van der Waals surface area contributed by atoms with E-state index in [2.05, 4.69) is 0 Å². The summed E-state index contributed by atoms with van der Waals surface area (Å²) in [6, 6.07) is 8.89. The molecular weight excluding hydrogens is 267 g/mol. The Bertz CT molecular complexity index is 638. The Labute approximate surface area is 115 Å². The molecule has 0 aliphatic carbocycles. The fourth-order valence-corrected chi connectivity index (χ4v) is 2.02. The molecule has 2 aromatic rings. The zero-order chi connectivity index (χ0) is 14.0. The Balaban J connectivity index is 2.44. The van der Waals surface area contributed by atoms with Crippen LogP contribution in [0.15, 0.2) is 36.4 Å². The van der Waals surface area contributed by atoms with Crippen LogP contribution in [-0.2, 0) is 0 Å². The van der Waals surface area contributed by atoms with Crippen LogP contribution in [0.4, 0.5) is 4.39 Å². The summed E-state index contributed by atoms with van der Waals surface area (Å²) in [5.41, 5.74) is 1.19. The predicted molar refractivity (Wildman–Crippen MR) is 72.6 cm³/mol. The van der Waals surface area contributed by atoms with Gasteiger partial charge in [0.1, 0.15) is 11.6 Å². The van der Waals surface area contributed by atoms with E-state index in [1.54, 1.807) is 25.3 Å². The van der Waals surface area contributed by atoms with Crippen LogP contribution in [0.5, 0.6) is 5.75 Å². The van der Waals surface area contributed by atoms with Gasteiger partial charge in [-0.25, -0.2) is 4.39 Å². The summed E-state index contributed by atoms with van der Waals surface area (Å²) in [5.74, 6) is -0.295. The third kappa shape index (κ3) is 2.76. The maximum absolute atomic E-state index is 13.6. The van der Waals surface area contributed by atoms with Gasteiger partial charge in [-0.05, 0) is 48.9 Å². The van der Waals surface area contributed by atoms with Crippen LogP contribution >= 0.6 is 11.6 Å². The number of carbonyl (C=O) groups is 1. The number of ketones is 1. The normalized spacial score (nSPS) is 10.3. The number of halogens is 2. The molecule has 0 aliphatic rings. The molecule has 2 aromatic carbocycles. The second-order valence-corrected chi connectivity index (χ2v) is 4.57. The highest BCUT2D eigenvalue weighted by molar-refractivity contribution is 6.31. The van der Waals surface area contributed by atoms with E-state index in [0.29, 0.717) is 16.3 Å². The van der Waals surface area contributed by atoms with Crippen molar-refractivity contribution in [3.8, 4) is 5.75 Å². The lowest BCUT2D eigenvalue weighted by Crippen LogP contribution is -2.05. The predicted octanol–water partition coefficient (Wildman–Crippen LogP) is 4.03. The topological polar surface area (TPSA) is 26.3 Å². The first kappa shape index (κ1) is 13.6. The highest BCUT2D eigenvalue weighted by atomic mass is 35.5. The van der Waals surface area contributed by atoms with Crippen molar-refractivity contribution in [1.29, 1.82) is 0 Å². The number of hydrogen-bond donors (Lipinski definition) is 0. The van der Waals surface area contributed by atoms with E-state index in [0.717, 1.165) is 5.56 Å². The van der Waals surface area contributed by atoms with E-state index in [1.165, 1.54) is 18.2 Å². The molecule has 0 atom stereocenters. The fourth-order valence-electron chi connectivity index (χ4n) is 1.85. The highest BCUT2D eigenvalue weighted by Crippen LogP contribution is 2.22. The lowest BCUT2D eigenvalue weighted by molar-refractivity contribution is 0.103. The zero-order valence-corrected chi connectivity index (χ0v) is 11.3. The number of hydrogen-bond acceptors (Lipinski definition) is 2. The van der Waals surface area contributed by atoms with Crippen molar-refractivity contribution in [3.05, 3.63) is 63.9 Å². The van der Waals surface area contributed by atoms with Crippen molar-refractivity contribution >= 4 is 17.4 Å². The Kier molecular flexibility index (Phi) is 3.86. The summed E-state index contributed by atoms with van der Waals surface area (Å²) in [7, 11) is 1.56. The van der Waals surface area contributed by atoms with Crippen molar-refractivity contribution in [3.63, 3.8) is 0 Å². The molecule has 19 heavy (non-hydrogen) atoms. The number of benzene rings is 2. The van der Waals surface area contributed by atoms with Crippen LogP contribution in [0.25, 0.3) is 0 Å². The summed E-state index contributed by atoms with van der Waals surface area (Å²) in [5, 5.41) is 0.329. The summed E-state index contributed by atoms with van der Waals surface area (Å²) in [4.78, 5) is 12.2. The summed E-state index contributed by atoms with van der Waals surface area (Å²) in [6.45, 7) is 1.82. The minimum atomic E-state index is -0.581. The maximum Gasteiger partial charge on any atom is 0.196 e. The van der Waals surface area contributed by atoms with Gasteiger partial charge in [-0.2, -0.15) is 0 Å². The third-order valence-electron chi connectivity index (χ3n) is 2.83. The third-order valence-corrected chi connectivity index (χ3v) is 3.07. The van der Waals surface area contributed by atoms with Crippen molar-refractivity contribution in [1.82, 2.24) is 0 Å². The molecule has 0 heterocycles. The molecular formula is C15H12ClFO2. The molecule has 0 unspecified atom stereocenters. The smallest absolute Gasteiger partial charge is 0.196 e. The first-order chi connectivity index (χ1) is 9.02. The fraction of sp³-hybridized carbons (Fsp3) is 0.133. The number of ether oxygens (including phenoxy) is 1. The Morgan fingerprint density at radius 3 is 2.58 bits per heavy atom. The minimum Gasteiger partial charge on any atom is -0.496 e. The first-order valence-corrected chi connectivity index (χ1v) is 6.05. The number of aryl methyl sites for hydroxylation is 1. The van der Waals surface area contributed by atoms with E-state index >= 15 is 0 Å². The molecule has 2 rings (SSSR count). The van der Waals surface area contributed by atoms with Gasteiger partial charge in [-0.3, -0.25) is 4.79 Å². The zero-order valence-electron chi connectivity index (χ0n) is 10.5. The first-order valence-electron chi connectivity index (χ1n) is 5.67. The van der Waals surface area contributed by atoms with Gasteiger partial charge in [0.05, 0.1) is 12.7 Å². The van der Waals surface area contributed by atoms with Gasteiger partial charge < -0.3 is 4.74 Å². The van der Waals surface area contributed by atoms with E-state index < -0.39 is 11.6 Å². The average molecular weight is 279 g/mol. The maximum atomic E-state index is 13.6. The van der Waals surface area contributed by atoms with E-state index in [4.69, 9.17) is 16.3 Å². The molecule has 0 saturated heterocycles. The van der Waals surface area contributed by atoms with Crippen LogP contribution in [-0.4, -0.2) is 12.9 Å². The Hall–Kier alpha value is -1.87. The van der Waals surface area contributed by atoms with Crippen LogP contribution < -0.4 is 4.74 Å². The van der Waals surface area contributed by atoms with Crippen LogP contribution in [0.3, 0.4) is 0 Å². The quantitative estimate of drug-likeness (QED) is 0.793. The molecule has 0 saturated carbocycles. The van der Waals surface area contributed by atoms with E-state index in [9.17, 15) is 9.18 Å². The molecule has 2 nitrogen and oxygen atoms in total. The largest absolute Gasteiger partial charge is 0.496 e. The van der Waals surface area contributed by atoms with Gasteiger partial charge in [0.25, 0.3) is 0 Å². The van der Waals surface area contributed by atoms with Crippen LogP contribution in [0.2, 0.25) is 5.02 Å². The van der Waals surface area contributed by atoms with Gasteiger partial charge in [0.2, 0.25) is 0 Å². The summed E-state index contributed by atoms with van der Waals surface area (Å²) < 4.78 is 18.8. The standard InChI is InChI=1S/C15H12ClFO2/c1-9-7-10(3-6-14(9)19-2)15(18)12-8-11(16)4-5-13(12)17/h3-8H,1-2H3. The Morgan fingerprint density at radius 2 is 1.95 bits per heavy atom. The minimum absolute atomic E-state index is 0.0305. The number of rotatable bonds is 3. The molecule has 0 amide bonds. The van der Waals surface area contributed by atoms with Crippen LogP contribution in [0.1, 0.15) is 21.5 Å². The molecule has 0 aromatic heterocycles. The molecule has 0 fully saturated rings. The highest BCUT2D eigenvalue weighted by Gasteiger charge is 2.15.